The summed E-state index contributed by atoms with van der Waals surface area (Å²) in [4.78, 5) is 8.37. The molecule has 0 aromatic carbocycles. The third kappa shape index (κ3) is 3.39. The van der Waals surface area contributed by atoms with Gasteiger partial charge >= 0.3 is 0 Å². The minimum absolute atomic E-state index is 0.345. The van der Waals surface area contributed by atoms with E-state index in [0.29, 0.717) is 10.8 Å². The molecule has 1 saturated heterocycles. The van der Waals surface area contributed by atoms with Gasteiger partial charge in [0.1, 0.15) is 0 Å². The standard InChI is InChI=1S/C13H23N3S2/c1-5-14-10(2)11-8-15-12(18-11)16-6-7-17-13(3,4)9-16/h8,10,14H,5-7,9H2,1-4H3. The Morgan fingerprint density at radius 1 is 1.56 bits per heavy atom. The number of rotatable bonds is 4. The van der Waals surface area contributed by atoms with E-state index in [9.17, 15) is 0 Å². The molecule has 0 aliphatic carbocycles. The van der Waals surface area contributed by atoms with Gasteiger partial charge in [-0.3, -0.25) is 0 Å². The lowest BCUT2D eigenvalue weighted by atomic mass is 10.2. The predicted octanol–water partition coefficient (Wildman–Crippen LogP) is 3.15. The third-order valence-electron chi connectivity index (χ3n) is 3.14. The highest BCUT2D eigenvalue weighted by atomic mass is 32.2. The highest BCUT2D eigenvalue weighted by Crippen LogP contribution is 2.34. The summed E-state index contributed by atoms with van der Waals surface area (Å²) in [5, 5.41) is 4.63. The Bertz CT molecular complexity index is 389. The molecule has 1 aromatic heterocycles. The maximum Gasteiger partial charge on any atom is 0.185 e. The highest BCUT2D eigenvalue weighted by Gasteiger charge is 2.28. The van der Waals surface area contributed by atoms with Crippen molar-refractivity contribution < 1.29 is 0 Å². The summed E-state index contributed by atoms with van der Waals surface area (Å²) in [7, 11) is 0. The van der Waals surface area contributed by atoms with Crippen LogP contribution >= 0.6 is 23.1 Å². The number of hydrogen-bond acceptors (Lipinski definition) is 5. The number of nitrogens with zero attached hydrogens (tertiary/aromatic N) is 2. The van der Waals surface area contributed by atoms with Crippen molar-refractivity contribution in [3.8, 4) is 0 Å². The number of aromatic nitrogens is 1. The van der Waals surface area contributed by atoms with Crippen LogP contribution in [-0.2, 0) is 0 Å². The quantitative estimate of drug-likeness (QED) is 0.920. The van der Waals surface area contributed by atoms with E-state index in [1.807, 2.05) is 17.5 Å². The van der Waals surface area contributed by atoms with E-state index in [0.717, 1.165) is 19.6 Å². The van der Waals surface area contributed by atoms with Gasteiger partial charge in [0.15, 0.2) is 5.13 Å². The van der Waals surface area contributed by atoms with Crippen molar-refractivity contribution in [3.63, 3.8) is 0 Å². The smallest absolute Gasteiger partial charge is 0.185 e. The van der Waals surface area contributed by atoms with Crippen molar-refractivity contribution in [2.75, 3.05) is 30.3 Å². The van der Waals surface area contributed by atoms with E-state index >= 15 is 0 Å². The first-order chi connectivity index (χ1) is 8.52. The van der Waals surface area contributed by atoms with E-state index in [1.54, 1.807) is 0 Å². The summed E-state index contributed by atoms with van der Waals surface area (Å²) in [6.07, 6.45) is 2.03. The first-order valence-corrected chi connectivity index (χ1v) is 8.40. The molecule has 3 nitrogen and oxygen atoms in total. The molecule has 0 saturated carbocycles. The van der Waals surface area contributed by atoms with Gasteiger partial charge in [-0.15, -0.1) is 11.3 Å². The molecule has 1 aromatic rings. The molecule has 0 bridgehead atoms. The molecule has 102 valence electrons. The van der Waals surface area contributed by atoms with Crippen LogP contribution < -0.4 is 10.2 Å². The second-order valence-electron chi connectivity index (χ2n) is 5.35. The molecule has 0 amide bonds. The third-order valence-corrected chi connectivity index (χ3v) is 5.68. The normalized spacial score (nSPS) is 21.0. The van der Waals surface area contributed by atoms with Crippen molar-refractivity contribution >= 4 is 28.2 Å². The van der Waals surface area contributed by atoms with E-state index < -0.39 is 0 Å². The van der Waals surface area contributed by atoms with Crippen LogP contribution in [0.2, 0.25) is 0 Å². The first kappa shape index (κ1) is 14.2. The van der Waals surface area contributed by atoms with Gasteiger partial charge in [-0.25, -0.2) is 4.98 Å². The predicted molar refractivity (Wildman–Crippen MR) is 83.0 cm³/mol. The zero-order chi connectivity index (χ0) is 13.2. The van der Waals surface area contributed by atoms with Crippen LogP contribution in [0, 0.1) is 0 Å². The Morgan fingerprint density at radius 3 is 3.00 bits per heavy atom. The lowest BCUT2D eigenvalue weighted by molar-refractivity contribution is 0.606. The molecule has 0 spiro atoms. The molecule has 18 heavy (non-hydrogen) atoms. The Labute approximate surface area is 118 Å². The largest absolute Gasteiger partial charge is 0.346 e. The monoisotopic (exact) mass is 285 g/mol. The van der Waals surface area contributed by atoms with Crippen molar-refractivity contribution in [2.45, 2.75) is 38.5 Å². The zero-order valence-electron chi connectivity index (χ0n) is 11.7. The van der Waals surface area contributed by atoms with Gasteiger partial charge in [-0.2, -0.15) is 11.8 Å². The van der Waals surface area contributed by atoms with Crippen molar-refractivity contribution in [1.82, 2.24) is 10.3 Å². The first-order valence-electron chi connectivity index (χ1n) is 6.60. The number of hydrogen-bond donors (Lipinski definition) is 1. The van der Waals surface area contributed by atoms with Crippen LogP contribution in [-0.4, -0.2) is 35.1 Å². The van der Waals surface area contributed by atoms with Gasteiger partial charge in [0.05, 0.1) is 0 Å². The van der Waals surface area contributed by atoms with Crippen LogP contribution in [0.15, 0.2) is 6.20 Å². The van der Waals surface area contributed by atoms with Crippen LogP contribution in [0.25, 0.3) is 0 Å². The van der Waals surface area contributed by atoms with Crippen molar-refractivity contribution in [3.05, 3.63) is 11.1 Å². The second-order valence-corrected chi connectivity index (χ2v) is 8.20. The highest BCUT2D eigenvalue weighted by molar-refractivity contribution is 8.00. The summed E-state index contributed by atoms with van der Waals surface area (Å²) in [5.41, 5.74) is 0. The zero-order valence-corrected chi connectivity index (χ0v) is 13.3. The Balaban J connectivity index is 2.05. The molecular weight excluding hydrogens is 262 g/mol. The Hall–Kier alpha value is -0.260. The molecule has 5 heteroatoms. The number of anilines is 1. The summed E-state index contributed by atoms with van der Waals surface area (Å²) in [6, 6.07) is 0.411. The molecule has 2 rings (SSSR count). The van der Waals surface area contributed by atoms with Gasteiger partial charge in [0.2, 0.25) is 0 Å². The summed E-state index contributed by atoms with van der Waals surface area (Å²) < 4.78 is 0.345. The molecule has 1 aliphatic rings. The SMILES string of the molecule is CCNC(C)c1cnc(N2CCSC(C)(C)C2)s1. The topological polar surface area (TPSA) is 28.2 Å². The molecule has 2 heterocycles. The average Bonchev–Trinajstić information content (AvgIpc) is 2.77. The summed E-state index contributed by atoms with van der Waals surface area (Å²) in [5.74, 6) is 1.20. The van der Waals surface area contributed by atoms with Crippen LogP contribution in [0.3, 0.4) is 0 Å². The fourth-order valence-electron chi connectivity index (χ4n) is 2.21. The van der Waals surface area contributed by atoms with E-state index in [4.69, 9.17) is 0 Å². The van der Waals surface area contributed by atoms with Gasteiger partial charge in [0, 0.05) is 40.7 Å². The number of thioether (sulfide) groups is 1. The number of thiazole rings is 1. The van der Waals surface area contributed by atoms with E-state index in [-0.39, 0.29) is 0 Å². The molecule has 1 aliphatic heterocycles. The minimum atomic E-state index is 0.345. The maximum atomic E-state index is 4.60. The molecule has 1 fully saturated rings. The van der Waals surface area contributed by atoms with Crippen LogP contribution in [0.5, 0.6) is 0 Å². The van der Waals surface area contributed by atoms with E-state index in [1.165, 1.54) is 15.8 Å². The lowest BCUT2D eigenvalue weighted by Crippen LogP contribution is -2.43. The second kappa shape index (κ2) is 5.80. The molecular formula is C13H23N3S2. The van der Waals surface area contributed by atoms with Crippen LogP contribution in [0.4, 0.5) is 5.13 Å². The Kier molecular flexibility index (Phi) is 4.56. The minimum Gasteiger partial charge on any atom is -0.346 e. The molecule has 1 atom stereocenters. The van der Waals surface area contributed by atoms with Gasteiger partial charge in [-0.1, -0.05) is 6.92 Å². The fourth-order valence-corrected chi connectivity index (χ4v) is 4.29. The summed E-state index contributed by atoms with van der Waals surface area (Å²) in [6.45, 7) is 12.2. The Morgan fingerprint density at radius 2 is 2.33 bits per heavy atom. The van der Waals surface area contributed by atoms with E-state index in [2.05, 4.69) is 54.7 Å². The van der Waals surface area contributed by atoms with Gasteiger partial charge in [-0.05, 0) is 27.3 Å². The average molecular weight is 285 g/mol. The summed E-state index contributed by atoms with van der Waals surface area (Å²) >= 11 is 3.89. The molecule has 0 radical (unpaired) electrons. The van der Waals surface area contributed by atoms with Crippen molar-refractivity contribution in [2.24, 2.45) is 0 Å². The van der Waals surface area contributed by atoms with Crippen LogP contribution in [0.1, 0.15) is 38.6 Å². The lowest BCUT2D eigenvalue weighted by Gasteiger charge is -2.37. The molecule has 1 unspecified atom stereocenters. The van der Waals surface area contributed by atoms with Crippen molar-refractivity contribution in [1.29, 1.82) is 0 Å². The van der Waals surface area contributed by atoms with Gasteiger partial charge in [0.25, 0.3) is 0 Å². The fraction of sp³-hybridized carbons (Fsp3) is 0.769. The number of nitrogens with one attached hydrogen (secondary N) is 1. The van der Waals surface area contributed by atoms with Gasteiger partial charge < -0.3 is 10.2 Å². The maximum absolute atomic E-state index is 4.60. The molecule has 1 N–H and O–H groups in total.